The SMILES string of the molecule is CN(C)C(=O)c1ccnc(N(C)C2CCCC2)c1. The number of rotatable bonds is 3. The van der Waals surface area contributed by atoms with E-state index in [1.807, 2.05) is 6.07 Å². The van der Waals surface area contributed by atoms with Crippen molar-refractivity contribution in [3.8, 4) is 0 Å². The summed E-state index contributed by atoms with van der Waals surface area (Å²) in [6.45, 7) is 0. The van der Waals surface area contributed by atoms with Crippen LogP contribution in [0.15, 0.2) is 18.3 Å². The number of nitrogens with zero attached hydrogens (tertiary/aromatic N) is 3. The van der Waals surface area contributed by atoms with Crippen LogP contribution in [0.4, 0.5) is 5.82 Å². The Bertz CT molecular complexity index is 425. The summed E-state index contributed by atoms with van der Waals surface area (Å²) in [5.74, 6) is 0.924. The van der Waals surface area contributed by atoms with E-state index >= 15 is 0 Å². The second-order valence-corrected chi connectivity index (χ2v) is 5.15. The van der Waals surface area contributed by atoms with Crippen LogP contribution in [-0.4, -0.2) is 43.0 Å². The van der Waals surface area contributed by atoms with Gasteiger partial charge in [0, 0.05) is 38.9 Å². The molecule has 0 unspecified atom stereocenters. The predicted octanol–water partition coefficient (Wildman–Crippen LogP) is 2.16. The fourth-order valence-corrected chi connectivity index (χ4v) is 2.48. The fourth-order valence-electron chi connectivity index (χ4n) is 2.48. The van der Waals surface area contributed by atoms with Gasteiger partial charge in [0.25, 0.3) is 5.91 Å². The summed E-state index contributed by atoms with van der Waals surface area (Å²) >= 11 is 0. The van der Waals surface area contributed by atoms with Gasteiger partial charge in [0.15, 0.2) is 0 Å². The van der Waals surface area contributed by atoms with Gasteiger partial charge in [-0.1, -0.05) is 12.8 Å². The molecule has 1 aliphatic rings. The maximum Gasteiger partial charge on any atom is 0.253 e. The quantitative estimate of drug-likeness (QED) is 0.821. The number of carbonyl (C=O) groups excluding carboxylic acids is 1. The molecule has 1 amide bonds. The molecule has 0 radical (unpaired) electrons. The normalized spacial score (nSPS) is 15.7. The first-order valence-electron chi connectivity index (χ1n) is 6.50. The Balaban J connectivity index is 2.18. The van der Waals surface area contributed by atoms with Gasteiger partial charge in [-0.05, 0) is 25.0 Å². The van der Waals surface area contributed by atoms with Gasteiger partial charge in [-0.15, -0.1) is 0 Å². The van der Waals surface area contributed by atoms with Crippen LogP contribution in [0.5, 0.6) is 0 Å². The zero-order valence-electron chi connectivity index (χ0n) is 11.4. The Morgan fingerprint density at radius 2 is 1.94 bits per heavy atom. The van der Waals surface area contributed by atoms with Crippen LogP contribution >= 0.6 is 0 Å². The number of hydrogen-bond donors (Lipinski definition) is 0. The molecule has 0 atom stereocenters. The molecule has 0 N–H and O–H groups in total. The lowest BCUT2D eigenvalue weighted by Gasteiger charge is -2.25. The topological polar surface area (TPSA) is 36.4 Å². The van der Waals surface area contributed by atoms with Gasteiger partial charge in [0.1, 0.15) is 5.82 Å². The fraction of sp³-hybridized carbons (Fsp3) is 0.571. The zero-order valence-corrected chi connectivity index (χ0v) is 11.4. The van der Waals surface area contributed by atoms with E-state index in [2.05, 4.69) is 16.9 Å². The van der Waals surface area contributed by atoms with Crippen LogP contribution in [0.25, 0.3) is 0 Å². The molecule has 0 saturated heterocycles. The van der Waals surface area contributed by atoms with Crippen LogP contribution in [0, 0.1) is 0 Å². The number of carbonyl (C=O) groups is 1. The van der Waals surface area contributed by atoms with E-state index in [0.29, 0.717) is 11.6 Å². The lowest BCUT2D eigenvalue weighted by molar-refractivity contribution is 0.0827. The molecule has 0 aliphatic heterocycles. The van der Waals surface area contributed by atoms with Gasteiger partial charge in [0.05, 0.1) is 0 Å². The molecule has 1 fully saturated rings. The van der Waals surface area contributed by atoms with E-state index in [4.69, 9.17) is 0 Å². The highest BCUT2D eigenvalue weighted by Crippen LogP contribution is 2.26. The van der Waals surface area contributed by atoms with E-state index in [1.165, 1.54) is 25.7 Å². The Morgan fingerprint density at radius 3 is 2.56 bits per heavy atom. The van der Waals surface area contributed by atoms with Crippen LogP contribution in [-0.2, 0) is 0 Å². The van der Waals surface area contributed by atoms with Crippen molar-refractivity contribution in [1.29, 1.82) is 0 Å². The average molecular weight is 247 g/mol. The first kappa shape index (κ1) is 12.9. The third-order valence-electron chi connectivity index (χ3n) is 3.63. The maximum absolute atomic E-state index is 11.9. The average Bonchev–Trinajstić information content (AvgIpc) is 2.91. The third kappa shape index (κ3) is 2.63. The third-order valence-corrected chi connectivity index (χ3v) is 3.63. The molecule has 1 heterocycles. The summed E-state index contributed by atoms with van der Waals surface area (Å²) in [7, 11) is 5.61. The first-order valence-corrected chi connectivity index (χ1v) is 6.50. The summed E-state index contributed by atoms with van der Waals surface area (Å²) in [4.78, 5) is 20.1. The lowest BCUT2D eigenvalue weighted by Crippen LogP contribution is -2.30. The van der Waals surface area contributed by atoms with Crippen molar-refractivity contribution >= 4 is 11.7 Å². The molecule has 1 aliphatic carbocycles. The Hall–Kier alpha value is -1.58. The Labute approximate surface area is 109 Å². The van der Waals surface area contributed by atoms with Gasteiger partial charge in [-0.25, -0.2) is 4.98 Å². The zero-order chi connectivity index (χ0) is 13.1. The molecule has 4 heteroatoms. The highest BCUT2D eigenvalue weighted by atomic mass is 16.2. The molecule has 2 rings (SSSR count). The monoisotopic (exact) mass is 247 g/mol. The summed E-state index contributed by atoms with van der Waals surface area (Å²) in [6.07, 6.45) is 6.77. The number of aromatic nitrogens is 1. The predicted molar refractivity (Wildman–Crippen MR) is 72.9 cm³/mol. The van der Waals surface area contributed by atoms with Crippen molar-refractivity contribution in [3.63, 3.8) is 0 Å². The molecular weight excluding hydrogens is 226 g/mol. The lowest BCUT2D eigenvalue weighted by atomic mass is 10.2. The molecule has 0 aromatic carbocycles. The van der Waals surface area contributed by atoms with E-state index in [9.17, 15) is 4.79 Å². The van der Waals surface area contributed by atoms with Crippen molar-refractivity contribution in [2.24, 2.45) is 0 Å². The van der Waals surface area contributed by atoms with Gasteiger partial charge in [-0.2, -0.15) is 0 Å². The highest BCUT2D eigenvalue weighted by Gasteiger charge is 2.21. The van der Waals surface area contributed by atoms with E-state index in [0.717, 1.165) is 5.82 Å². The van der Waals surface area contributed by atoms with Gasteiger partial charge in [0.2, 0.25) is 0 Å². The minimum Gasteiger partial charge on any atom is -0.357 e. The van der Waals surface area contributed by atoms with Crippen molar-refractivity contribution in [1.82, 2.24) is 9.88 Å². The summed E-state index contributed by atoms with van der Waals surface area (Å²) < 4.78 is 0. The van der Waals surface area contributed by atoms with E-state index < -0.39 is 0 Å². The molecular formula is C14H21N3O. The largest absolute Gasteiger partial charge is 0.357 e. The minimum atomic E-state index is 0.0264. The molecule has 98 valence electrons. The molecule has 4 nitrogen and oxygen atoms in total. The van der Waals surface area contributed by atoms with Gasteiger partial charge >= 0.3 is 0 Å². The van der Waals surface area contributed by atoms with Crippen LogP contribution < -0.4 is 4.90 Å². The van der Waals surface area contributed by atoms with Crippen molar-refractivity contribution in [3.05, 3.63) is 23.9 Å². The van der Waals surface area contributed by atoms with Crippen molar-refractivity contribution in [2.45, 2.75) is 31.7 Å². The summed E-state index contributed by atoms with van der Waals surface area (Å²) in [5, 5.41) is 0. The number of hydrogen-bond acceptors (Lipinski definition) is 3. The number of pyridine rings is 1. The maximum atomic E-state index is 11.9. The molecule has 1 aromatic heterocycles. The second-order valence-electron chi connectivity index (χ2n) is 5.15. The van der Waals surface area contributed by atoms with E-state index in [1.54, 1.807) is 31.3 Å². The van der Waals surface area contributed by atoms with Crippen LogP contribution in [0.1, 0.15) is 36.0 Å². The van der Waals surface area contributed by atoms with Gasteiger partial charge < -0.3 is 9.80 Å². The molecule has 1 saturated carbocycles. The Kier molecular flexibility index (Phi) is 3.84. The number of anilines is 1. The van der Waals surface area contributed by atoms with Crippen LogP contribution in [0.3, 0.4) is 0 Å². The molecule has 18 heavy (non-hydrogen) atoms. The first-order chi connectivity index (χ1) is 8.59. The number of amides is 1. The molecule has 0 bridgehead atoms. The minimum absolute atomic E-state index is 0.0264. The van der Waals surface area contributed by atoms with Crippen molar-refractivity contribution < 1.29 is 4.79 Å². The Morgan fingerprint density at radius 1 is 1.28 bits per heavy atom. The summed E-state index contributed by atoms with van der Waals surface area (Å²) in [5.41, 5.74) is 0.704. The standard InChI is InChI=1S/C14H21N3O/c1-16(2)14(18)11-8-9-15-13(10-11)17(3)12-6-4-5-7-12/h8-10,12H,4-7H2,1-3H3. The highest BCUT2D eigenvalue weighted by molar-refractivity contribution is 5.94. The van der Waals surface area contributed by atoms with Gasteiger partial charge in [-0.3, -0.25) is 4.79 Å². The summed E-state index contributed by atoms with van der Waals surface area (Å²) in [6, 6.07) is 4.23. The second kappa shape index (κ2) is 5.38. The molecule has 1 aromatic rings. The van der Waals surface area contributed by atoms with E-state index in [-0.39, 0.29) is 5.91 Å². The van der Waals surface area contributed by atoms with Crippen molar-refractivity contribution in [2.75, 3.05) is 26.0 Å². The smallest absolute Gasteiger partial charge is 0.253 e. The molecule has 0 spiro atoms. The van der Waals surface area contributed by atoms with Crippen LogP contribution in [0.2, 0.25) is 0 Å².